The van der Waals surface area contributed by atoms with Gasteiger partial charge in [-0.25, -0.2) is 0 Å². The van der Waals surface area contributed by atoms with Crippen LogP contribution in [-0.4, -0.2) is 34.9 Å². The monoisotopic (exact) mass is 1050 g/mol. The molecule has 0 spiro atoms. The lowest BCUT2D eigenvalue weighted by Gasteiger charge is -2.19. The number of carbonyl (C=O) groups excluding carboxylic acids is 1. The predicted octanol–water partition coefficient (Wildman–Crippen LogP) is 22.9. The molecule has 0 aliphatic heterocycles. The summed E-state index contributed by atoms with van der Waals surface area (Å²) in [5.41, 5.74) is 0. The fraction of sp³-hybridized carbons (Fsp3) is 0.817. The van der Waals surface area contributed by atoms with Crippen LogP contribution in [0.5, 0.6) is 0 Å². The zero-order chi connectivity index (χ0) is 54.1. The highest BCUT2D eigenvalue weighted by Gasteiger charge is 2.18. The summed E-state index contributed by atoms with van der Waals surface area (Å²) in [4.78, 5) is 12.5. The highest BCUT2D eigenvalue weighted by atomic mass is 16.3. The Balaban J connectivity index is 3.42. The molecule has 0 aliphatic rings. The molecule has 0 fully saturated rings. The molecule has 0 saturated carbocycles. The van der Waals surface area contributed by atoms with Crippen LogP contribution in [0, 0.1) is 0 Å². The molecule has 0 aliphatic carbocycles. The van der Waals surface area contributed by atoms with Crippen molar-refractivity contribution in [3.8, 4) is 0 Å². The van der Waals surface area contributed by atoms with Crippen molar-refractivity contribution >= 4 is 5.91 Å². The molecular weight excluding hydrogens is 915 g/mol. The van der Waals surface area contributed by atoms with Crippen LogP contribution in [0.25, 0.3) is 0 Å². The zero-order valence-corrected chi connectivity index (χ0v) is 50.6. The molecule has 0 aromatic carbocycles. The number of aliphatic hydroxyl groups is 2. The third-order valence-electron chi connectivity index (χ3n) is 15.4. The van der Waals surface area contributed by atoms with Crippen LogP contribution in [0.3, 0.4) is 0 Å². The van der Waals surface area contributed by atoms with E-state index in [1.165, 1.54) is 276 Å². The fourth-order valence-corrected chi connectivity index (χ4v) is 10.4. The molecule has 0 radical (unpaired) electrons. The van der Waals surface area contributed by atoms with E-state index in [0.717, 1.165) is 57.8 Å². The van der Waals surface area contributed by atoms with Gasteiger partial charge in [0.05, 0.1) is 18.8 Å². The number of aliphatic hydroxyl groups excluding tert-OH is 2. The molecule has 1 amide bonds. The van der Waals surface area contributed by atoms with Crippen molar-refractivity contribution in [2.75, 3.05) is 6.61 Å². The standard InChI is InChI=1S/C71H131NO3/c1-3-5-7-9-11-13-15-17-19-21-23-25-27-28-29-30-31-32-33-34-35-36-37-38-39-40-41-42-43-44-45-47-49-51-53-55-57-59-61-63-65-67-71(75)72-69(68-73)70(74)66-64-62-60-58-56-54-52-50-48-46-26-24-22-20-18-16-14-12-10-8-6-4-2/h5,7,11,13,17,19,23,25,56,58,64,66,69-70,73-74H,3-4,6,8-10,12,14-16,18,20-22,24,26-55,57,59-63,65,67-68H2,1-2H3,(H,72,75)/b7-5-,13-11-,19-17-,25-23-,58-56+,66-64+. The van der Waals surface area contributed by atoms with Crippen LogP contribution < -0.4 is 5.32 Å². The second kappa shape index (κ2) is 66.1. The number of rotatable bonds is 62. The van der Waals surface area contributed by atoms with Gasteiger partial charge in [0.2, 0.25) is 5.91 Å². The fourth-order valence-electron chi connectivity index (χ4n) is 10.4. The van der Waals surface area contributed by atoms with Gasteiger partial charge in [-0.2, -0.15) is 0 Å². The number of carbonyl (C=O) groups is 1. The Morgan fingerprint density at radius 2 is 0.600 bits per heavy atom. The van der Waals surface area contributed by atoms with E-state index in [-0.39, 0.29) is 12.5 Å². The van der Waals surface area contributed by atoms with E-state index in [9.17, 15) is 15.0 Å². The Hall–Kier alpha value is -2.17. The third kappa shape index (κ3) is 62.6. The number of hydrogen-bond donors (Lipinski definition) is 3. The minimum atomic E-state index is -0.863. The van der Waals surface area contributed by atoms with E-state index in [1.807, 2.05) is 6.08 Å². The van der Waals surface area contributed by atoms with E-state index in [0.29, 0.717) is 6.42 Å². The molecular formula is C71H131NO3. The summed E-state index contributed by atoms with van der Waals surface area (Å²) in [5, 5.41) is 23.2. The molecule has 2 atom stereocenters. The Labute approximate surface area is 469 Å². The van der Waals surface area contributed by atoms with Crippen LogP contribution in [0.1, 0.15) is 354 Å². The minimum Gasteiger partial charge on any atom is -0.394 e. The highest BCUT2D eigenvalue weighted by Crippen LogP contribution is 2.18. The number of hydrogen-bond acceptors (Lipinski definition) is 3. The summed E-state index contributed by atoms with van der Waals surface area (Å²) < 4.78 is 0. The summed E-state index contributed by atoms with van der Waals surface area (Å²) in [6, 6.07) is -0.640. The van der Waals surface area contributed by atoms with E-state index >= 15 is 0 Å². The molecule has 0 saturated heterocycles. The van der Waals surface area contributed by atoms with Gasteiger partial charge in [0.25, 0.3) is 0 Å². The Kier molecular flexibility index (Phi) is 64.2. The van der Waals surface area contributed by atoms with Gasteiger partial charge in [0, 0.05) is 6.42 Å². The van der Waals surface area contributed by atoms with E-state index in [1.54, 1.807) is 6.08 Å². The Morgan fingerprint density at radius 1 is 0.333 bits per heavy atom. The normalized spacial score (nSPS) is 13.2. The largest absolute Gasteiger partial charge is 0.394 e. The van der Waals surface area contributed by atoms with Crippen molar-refractivity contribution in [3.63, 3.8) is 0 Å². The number of nitrogens with one attached hydrogen (secondary N) is 1. The van der Waals surface area contributed by atoms with Crippen LogP contribution in [0.2, 0.25) is 0 Å². The van der Waals surface area contributed by atoms with Gasteiger partial charge in [-0.1, -0.05) is 350 Å². The van der Waals surface area contributed by atoms with Gasteiger partial charge in [0.15, 0.2) is 0 Å². The predicted molar refractivity (Wildman–Crippen MR) is 336 cm³/mol. The topological polar surface area (TPSA) is 69.6 Å². The molecule has 4 heteroatoms. The van der Waals surface area contributed by atoms with Crippen LogP contribution in [0.4, 0.5) is 0 Å². The lowest BCUT2D eigenvalue weighted by atomic mass is 10.0. The molecule has 0 rings (SSSR count). The lowest BCUT2D eigenvalue weighted by Crippen LogP contribution is -2.45. The maximum absolute atomic E-state index is 12.5. The zero-order valence-electron chi connectivity index (χ0n) is 50.6. The van der Waals surface area contributed by atoms with E-state index in [4.69, 9.17) is 0 Å². The molecule has 0 aromatic heterocycles. The first-order valence-electron chi connectivity index (χ1n) is 33.7. The Morgan fingerprint density at radius 3 is 0.933 bits per heavy atom. The molecule has 2 unspecified atom stereocenters. The van der Waals surface area contributed by atoms with Gasteiger partial charge < -0.3 is 15.5 Å². The average Bonchev–Trinajstić information content (AvgIpc) is 3.41. The smallest absolute Gasteiger partial charge is 0.220 e. The highest BCUT2D eigenvalue weighted by molar-refractivity contribution is 5.76. The molecule has 0 bridgehead atoms. The Bertz CT molecular complexity index is 1280. The third-order valence-corrected chi connectivity index (χ3v) is 15.4. The molecule has 75 heavy (non-hydrogen) atoms. The first-order chi connectivity index (χ1) is 37.2. The lowest BCUT2D eigenvalue weighted by molar-refractivity contribution is -0.123. The van der Waals surface area contributed by atoms with Crippen molar-refractivity contribution in [2.24, 2.45) is 0 Å². The summed E-state index contributed by atoms with van der Waals surface area (Å²) >= 11 is 0. The van der Waals surface area contributed by atoms with Crippen molar-refractivity contribution in [3.05, 3.63) is 72.9 Å². The van der Waals surface area contributed by atoms with E-state index < -0.39 is 12.1 Å². The van der Waals surface area contributed by atoms with Gasteiger partial charge >= 0.3 is 0 Å². The van der Waals surface area contributed by atoms with E-state index in [2.05, 4.69) is 79.9 Å². The summed E-state index contributed by atoms with van der Waals surface area (Å²) in [6.45, 7) is 4.22. The van der Waals surface area contributed by atoms with Gasteiger partial charge in [-0.3, -0.25) is 4.79 Å². The second-order valence-corrected chi connectivity index (χ2v) is 22.9. The molecule has 0 heterocycles. The summed E-state index contributed by atoms with van der Waals surface area (Å²) in [5.74, 6) is -0.0676. The average molecular weight is 1050 g/mol. The second-order valence-electron chi connectivity index (χ2n) is 22.9. The van der Waals surface area contributed by atoms with Crippen LogP contribution in [-0.2, 0) is 4.79 Å². The molecule has 4 nitrogen and oxygen atoms in total. The SMILES string of the molecule is CC/C=C\C/C=C\C/C=C\C/C=C\CCCCCCCCCCCCCCCCCCCCCCCCCCCCCCC(=O)NC(CO)C(O)/C=C/CC/C=C/CCCCCCCCCCCCCCCCCC. The maximum Gasteiger partial charge on any atom is 0.220 e. The van der Waals surface area contributed by atoms with Crippen molar-refractivity contribution in [1.29, 1.82) is 0 Å². The quantitative estimate of drug-likeness (QED) is 0.0420. The molecule has 3 N–H and O–H groups in total. The number of unbranched alkanes of at least 4 members (excludes halogenated alkanes) is 45. The van der Waals surface area contributed by atoms with Crippen molar-refractivity contribution < 1.29 is 15.0 Å². The van der Waals surface area contributed by atoms with Crippen molar-refractivity contribution in [2.45, 2.75) is 366 Å². The van der Waals surface area contributed by atoms with Crippen molar-refractivity contribution in [1.82, 2.24) is 5.32 Å². The van der Waals surface area contributed by atoms with Gasteiger partial charge in [0.1, 0.15) is 0 Å². The summed E-state index contributed by atoms with van der Waals surface area (Å²) in [6.07, 6.45) is 95.6. The first-order valence-corrected chi connectivity index (χ1v) is 33.7. The summed E-state index contributed by atoms with van der Waals surface area (Å²) in [7, 11) is 0. The maximum atomic E-state index is 12.5. The van der Waals surface area contributed by atoms with Gasteiger partial charge in [-0.05, 0) is 70.6 Å². The number of allylic oxidation sites excluding steroid dienone is 11. The molecule has 0 aromatic rings. The van der Waals surface area contributed by atoms with Crippen LogP contribution >= 0.6 is 0 Å². The molecule has 438 valence electrons. The minimum absolute atomic E-state index is 0.0676. The number of amides is 1. The first kappa shape index (κ1) is 72.8. The van der Waals surface area contributed by atoms with Gasteiger partial charge in [-0.15, -0.1) is 0 Å². The van der Waals surface area contributed by atoms with Crippen LogP contribution in [0.15, 0.2) is 72.9 Å².